The van der Waals surface area contributed by atoms with Gasteiger partial charge in [0.15, 0.2) is 5.96 Å². The van der Waals surface area contributed by atoms with Crippen molar-refractivity contribution in [3.63, 3.8) is 0 Å². The predicted octanol–water partition coefficient (Wildman–Crippen LogP) is 3.08. The van der Waals surface area contributed by atoms with E-state index < -0.39 is 0 Å². The highest BCUT2D eigenvalue weighted by Crippen LogP contribution is 2.16. The van der Waals surface area contributed by atoms with E-state index in [2.05, 4.69) is 46.6 Å². The summed E-state index contributed by atoms with van der Waals surface area (Å²) in [7, 11) is 4.02. The van der Waals surface area contributed by atoms with Crippen LogP contribution in [0.25, 0.3) is 0 Å². The summed E-state index contributed by atoms with van der Waals surface area (Å²) in [5.74, 6) is 0.880. The molecule has 2 aromatic rings. The van der Waals surface area contributed by atoms with Gasteiger partial charge in [0.2, 0.25) is 0 Å². The Morgan fingerprint density at radius 2 is 1.79 bits per heavy atom. The van der Waals surface area contributed by atoms with E-state index in [4.69, 9.17) is 4.99 Å². The molecular formula is C22H31IN4O. The minimum atomic E-state index is -0.180. The summed E-state index contributed by atoms with van der Waals surface area (Å²) >= 11 is 0. The molecule has 1 fully saturated rings. The zero-order valence-corrected chi connectivity index (χ0v) is 19.0. The molecule has 6 heteroatoms. The molecule has 0 saturated carbocycles. The van der Waals surface area contributed by atoms with Crippen LogP contribution in [-0.4, -0.2) is 54.2 Å². The van der Waals surface area contributed by atoms with Crippen LogP contribution in [0.2, 0.25) is 0 Å². The average Bonchev–Trinajstić information content (AvgIpc) is 3.08. The van der Waals surface area contributed by atoms with Crippen LogP contribution in [-0.2, 0) is 19.6 Å². The van der Waals surface area contributed by atoms with E-state index in [0.29, 0.717) is 6.54 Å². The van der Waals surface area contributed by atoms with Gasteiger partial charge in [-0.05, 0) is 23.1 Å². The summed E-state index contributed by atoms with van der Waals surface area (Å²) in [6, 6.07) is 18.8. The quantitative estimate of drug-likeness (QED) is 0.368. The van der Waals surface area contributed by atoms with Crippen LogP contribution in [0.1, 0.15) is 23.1 Å². The van der Waals surface area contributed by atoms with Crippen molar-refractivity contribution < 1.29 is 5.11 Å². The van der Waals surface area contributed by atoms with Crippen molar-refractivity contribution in [2.75, 3.05) is 27.2 Å². The number of benzene rings is 2. The van der Waals surface area contributed by atoms with Gasteiger partial charge in [0.05, 0.1) is 12.6 Å². The number of aliphatic hydroxyl groups is 1. The largest absolute Gasteiger partial charge is 0.392 e. The maximum atomic E-state index is 9.76. The Morgan fingerprint density at radius 3 is 2.43 bits per heavy atom. The summed E-state index contributed by atoms with van der Waals surface area (Å²) < 4.78 is 0. The molecule has 0 aromatic heterocycles. The van der Waals surface area contributed by atoms with E-state index in [0.717, 1.165) is 38.6 Å². The number of nitrogens with zero attached hydrogens (tertiary/aromatic N) is 3. The minimum Gasteiger partial charge on any atom is -0.392 e. The summed E-state index contributed by atoms with van der Waals surface area (Å²) in [5, 5.41) is 13.2. The molecule has 2 aromatic carbocycles. The maximum Gasteiger partial charge on any atom is 0.194 e. The number of likely N-dealkylation sites (tertiary alicyclic amines) is 1. The normalized spacial score (nSPS) is 17.2. The van der Waals surface area contributed by atoms with E-state index in [-0.39, 0.29) is 30.1 Å². The lowest BCUT2D eigenvalue weighted by Crippen LogP contribution is -2.36. The first-order chi connectivity index (χ1) is 13.1. The van der Waals surface area contributed by atoms with Gasteiger partial charge in [-0.15, -0.1) is 24.0 Å². The van der Waals surface area contributed by atoms with Gasteiger partial charge < -0.3 is 15.3 Å². The number of hydrogen-bond acceptors (Lipinski definition) is 3. The van der Waals surface area contributed by atoms with Crippen molar-refractivity contribution in [2.24, 2.45) is 4.99 Å². The van der Waals surface area contributed by atoms with Gasteiger partial charge in [-0.25, -0.2) is 4.99 Å². The van der Waals surface area contributed by atoms with Gasteiger partial charge in [-0.1, -0.05) is 54.6 Å². The number of aliphatic imine (C=N–C) groups is 1. The van der Waals surface area contributed by atoms with Crippen LogP contribution in [0.15, 0.2) is 59.6 Å². The lowest BCUT2D eigenvalue weighted by molar-refractivity contribution is 0.174. The minimum absolute atomic E-state index is 0. The Kier molecular flexibility index (Phi) is 9.21. The second-order valence-corrected chi connectivity index (χ2v) is 7.32. The second kappa shape index (κ2) is 11.4. The summed E-state index contributed by atoms with van der Waals surface area (Å²) in [4.78, 5) is 9.07. The van der Waals surface area contributed by atoms with Gasteiger partial charge in [-0.3, -0.25) is 4.90 Å². The Bertz CT molecular complexity index is 751. The zero-order chi connectivity index (χ0) is 19.1. The lowest BCUT2D eigenvalue weighted by atomic mass is 10.1. The molecule has 1 aliphatic heterocycles. The number of guanidine groups is 1. The van der Waals surface area contributed by atoms with E-state index in [9.17, 15) is 5.11 Å². The van der Waals surface area contributed by atoms with Gasteiger partial charge >= 0.3 is 0 Å². The fraction of sp³-hybridized carbons (Fsp3) is 0.409. The topological polar surface area (TPSA) is 51.1 Å². The van der Waals surface area contributed by atoms with Crippen molar-refractivity contribution in [3.8, 4) is 0 Å². The highest BCUT2D eigenvalue weighted by Gasteiger charge is 2.20. The van der Waals surface area contributed by atoms with Crippen molar-refractivity contribution in [3.05, 3.63) is 71.3 Å². The number of hydrogen-bond donors (Lipinski definition) is 2. The average molecular weight is 494 g/mol. The second-order valence-electron chi connectivity index (χ2n) is 7.32. The van der Waals surface area contributed by atoms with Gasteiger partial charge in [0.1, 0.15) is 0 Å². The molecule has 1 heterocycles. The third kappa shape index (κ3) is 6.76. The highest BCUT2D eigenvalue weighted by atomic mass is 127. The van der Waals surface area contributed by atoms with Crippen LogP contribution in [0.3, 0.4) is 0 Å². The lowest BCUT2D eigenvalue weighted by Gasteiger charge is -2.21. The number of aliphatic hydroxyl groups excluding tert-OH is 1. The molecule has 1 atom stereocenters. The van der Waals surface area contributed by atoms with E-state index in [1.165, 1.54) is 16.7 Å². The van der Waals surface area contributed by atoms with Crippen LogP contribution < -0.4 is 5.32 Å². The third-order valence-electron chi connectivity index (χ3n) is 4.87. The standard InChI is InChI=1S/C22H30N4O.HI/c1-25(2)22(23-14-18-8-4-3-5-9-18)24-15-19-10-6-7-11-20(19)16-26-13-12-21(27)17-26;/h3-11,21,27H,12-17H2,1-2H3,(H,23,24);1H. The summed E-state index contributed by atoms with van der Waals surface area (Å²) in [5.41, 5.74) is 3.78. The molecule has 0 radical (unpaired) electrons. The fourth-order valence-corrected chi connectivity index (χ4v) is 3.36. The fourth-order valence-electron chi connectivity index (χ4n) is 3.36. The Hall–Kier alpha value is -1.64. The van der Waals surface area contributed by atoms with E-state index in [1.54, 1.807) is 0 Å². The smallest absolute Gasteiger partial charge is 0.194 e. The van der Waals surface area contributed by atoms with Gasteiger partial charge in [0.25, 0.3) is 0 Å². The monoisotopic (exact) mass is 494 g/mol. The van der Waals surface area contributed by atoms with Crippen LogP contribution in [0.5, 0.6) is 0 Å². The summed E-state index contributed by atoms with van der Waals surface area (Å²) in [6.07, 6.45) is 0.692. The van der Waals surface area contributed by atoms with Crippen LogP contribution >= 0.6 is 24.0 Å². The molecule has 0 aliphatic carbocycles. The van der Waals surface area contributed by atoms with Crippen molar-refractivity contribution in [2.45, 2.75) is 32.2 Å². The van der Waals surface area contributed by atoms with Crippen molar-refractivity contribution >= 4 is 29.9 Å². The molecule has 152 valence electrons. The third-order valence-corrected chi connectivity index (χ3v) is 4.87. The van der Waals surface area contributed by atoms with Crippen molar-refractivity contribution in [1.82, 2.24) is 15.1 Å². The molecular weight excluding hydrogens is 463 g/mol. The Morgan fingerprint density at radius 1 is 1.11 bits per heavy atom. The SMILES string of the molecule is CN(C)C(=NCc1ccccc1)NCc1ccccc1CN1CCC(O)C1.I. The summed E-state index contributed by atoms with van der Waals surface area (Å²) in [6.45, 7) is 4.01. The first kappa shape index (κ1) is 22.6. The molecule has 0 bridgehead atoms. The molecule has 3 rings (SSSR count). The molecule has 2 N–H and O–H groups in total. The number of β-amino-alcohol motifs (C(OH)–C–C–N with tert-alkyl or cyclic N) is 1. The van der Waals surface area contributed by atoms with E-state index in [1.807, 2.05) is 37.2 Å². The molecule has 1 saturated heterocycles. The van der Waals surface area contributed by atoms with Crippen LogP contribution in [0.4, 0.5) is 0 Å². The number of halogens is 1. The Labute approximate surface area is 185 Å². The maximum absolute atomic E-state index is 9.76. The first-order valence-electron chi connectivity index (χ1n) is 9.58. The van der Waals surface area contributed by atoms with Crippen molar-refractivity contribution in [1.29, 1.82) is 0 Å². The highest BCUT2D eigenvalue weighted by molar-refractivity contribution is 14.0. The molecule has 28 heavy (non-hydrogen) atoms. The molecule has 1 unspecified atom stereocenters. The molecule has 0 spiro atoms. The molecule has 0 amide bonds. The van der Waals surface area contributed by atoms with Crippen LogP contribution in [0, 0.1) is 0 Å². The molecule has 5 nitrogen and oxygen atoms in total. The van der Waals surface area contributed by atoms with Gasteiger partial charge in [0, 0.05) is 40.3 Å². The van der Waals surface area contributed by atoms with Gasteiger partial charge in [-0.2, -0.15) is 0 Å². The first-order valence-corrected chi connectivity index (χ1v) is 9.58. The number of rotatable bonds is 6. The molecule has 1 aliphatic rings. The predicted molar refractivity (Wildman–Crippen MR) is 126 cm³/mol. The number of nitrogens with one attached hydrogen (secondary N) is 1. The Balaban J connectivity index is 0.00000280. The zero-order valence-electron chi connectivity index (χ0n) is 16.7. The van der Waals surface area contributed by atoms with E-state index >= 15 is 0 Å².